The Morgan fingerprint density at radius 3 is 2.45 bits per heavy atom. The summed E-state index contributed by atoms with van der Waals surface area (Å²) in [5.74, 6) is -0.364. The van der Waals surface area contributed by atoms with Gasteiger partial charge in [-0.1, -0.05) is 54.3 Å². The summed E-state index contributed by atoms with van der Waals surface area (Å²) in [7, 11) is 1.47. The maximum absolute atomic E-state index is 12.4. The zero-order valence-electron chi connectivity index (χ0n) is 12.4. The molecule has 0 aliphatic carbocycles. The average molecular weight is 337 g/mol. The molecule has 0 aromatic heterocycles. The number of urea groups is 1. The molecule has 1 saturated heterocycles. The summed E-state index contributed by atoms with van der Waals surface area (Å²) in [6.07, 6.45) is 2.25. The van der Waals surface area contributed by atoms with E-state index in [0.29, 0.717) is 4.32 Å². The number of amides is 3. The van der Waals surface area contributed by atoms with Crippen molar-refractivity contribution in [2.45, 2.75) is 18.1 Å². The van der Waals surface area contributed by atoms with Crippen LogP contribution in [0.15, 0.2) is 30.3 Å². The fourth-order valence-electron chi connectivity index (χ4n) is 2.22. The number of thioether (sulfide) groups is 1. The minimum Gasteiger partial charge on any atom is -0.357 e. The lowest BCUT2D eigenvalue weighted by molar-refractivity contribution is -0.119. The predicted octanol–water partition coefficient (Wildman–Crippen LogP) is 2.30. The molecule has 2 N–H and O–H groups in total. The van der Waals surface area contributed by atoms with Gasteiger partial charge >= 0.3 is 6.03 Å². The van der Waals surface area contributed by atoms with E-state index in [0.717, 1.165) is 31.5 Å². The maximum Gasteiger partial charge on any atom is 0.321 e. The van der Waals surface area contributed by atoms with Crippen molar-refractivity contribution in [1.82, 2.24) is 15.5 Å². The van der Waals surface area contributed by atoms with Crippen LogP contribution in [0.3, 0.4) is 0 Å². The van der Waals surface area contributed by atoms with Gasteiger partial charge in [0.25, 0.3) is 0 Å². The fourth-order valence-corrected chi connectivity index (χ4v) is 3.68. The highest BCUT2D eigenvalue weighted by molar-refractivity contribution is 8.23. The van der Waals surface area contributed by atoms with Gasteiger partial charge in [0, 0.05) is 20.1 Å². The van der Waals surface area contributed by atoms with E-state index in [9.17, 15) is 9.59 Å². The van der Waals surface area contributed by atoms with Gasteiger partial charge in [-0.15, -0.1) is 0 Å². The van der Waals surface area contributed by atoms with E-state index in [1.165, 1.54) is 18.8 Å². The number of nitrogens with zero attached hydrogens (tertiary/aromatic N) is 1. The average Bonchev–Trinajstić information content (AvgIpc) is 3.07. The largest absolute Gasteiger partial charge is 0.357 e. The highest BCUT2D eigenvalue weighted by Crippen LogP contribution is 2.32. The molecular weight excluding hydrogens is 318 g/mol. The third-order valence-corrected chi connectivity index (χ3v) is 5.12. The monoisotopic (exact) mass is 337 g/mol. The standard InChI is InChI=1S/C15H19N3O2S2/c1-16-14(20)17-13(19)12(11-7-3-2-4-8-11)22-15(21)18-9-5-6-10-18/h2-4,7-8,12H,5-6,9-10H2,1H3,(H2,16,17,19,20)/t12-/m1/s1. The van der Waals surface area contributed by atoms with Gasteiger partial charge < -0.3 is 10.2 Å². The molecule has 1 aliphatic rings. The van der Waals surface area contributed by atoms with Gasteiger partial charge in [0.1, 0.15) is 9.57 Å². The Hall–Kier alpha value is -1.60. The molecule has 1 aliphatic heterocycles. The first-order valence-corrected chi connectivity index (χ1v) is 8.43. The Morgan fingerprint density at radius 2 is 1.86 bits per heavy atom. The molecule has 118 valence electrons. The molecule has 0 radical (unpaired) electrons. The van der Waals surface area contributed by atoms with E-state index < -0.39 is 11.3 Å². The van der Waals surface area contributed by atoms with Crippen LogP contribution in [-0.4, -0.2) is 41.3 Å². The van der Waals surface area contributed by atoms with Crippen LogP contribution in [0.25, 0.3) is 0 Å². The lowest BCUT2D eigenvalue weighted by Gasteiger charge is -2.22. The van der Waals surface area contributed by atoms with Crippen molar-refractivity contribution >= 4 is 40.2 Å². The summed E-state index contributed by atoms with van der Waals surface area (Å²) < 4.78 is 0.707. The van der Waals surface area contributed by atoms with Gasteiger partial charge in [0.05, 0.1) is 0 Å². The lowest BCUT2D eigenvalue weighted by atomic mass is 10.1. The molecule has 7 heteroatoms. The Kier molecular flexibility index (Phi) is 6.21. The normalized spacial score (nSPS) is 15.2. The van der Waals surface area contributed by atoms with E-state index in [2.05, 4.69) is 15.5 Å². The summed E-state index contributed by atoms with van der Waals surface area (Å²) in [5, 5.41) is 4.19. The van der Waals surface area contributed by atoms with Crippen LogP contribution in [0, 0.1) is 0 Å². The number of rotatable bonds is 3. The van der Waals surface area contributed by atoms with Crippen molar-refractivity contribution in [3.63, 3.8) is 0 Å². The Balaban J connectivity index is 2.12. The number of likely N-dealkylation sites (tertiary alicyclic amines) is 1. The van der Waals surface area contributed by atoms with E-state index in [-0.39, 0.29) is 5.91 Å². The SMILES string of the molecule is CNC(=O)NC(=O)[C@H](SC(=S)N1CCCC1)c1ccccc1. The van der Waals surface area contributed by atoms with Crippen LogP contribution in [0.5, 0.6) is 0 Å². The number of thiocarbonyl (C=S) groups is 1. The second-order valence-electron chi connectivity index (χ2n) is 4.94. The number of hydrogen-bond acceptors (Lipinski definition) is 4. The summed E-state index contributed by atoms with van der Waals surface area (Å²) >= 11 is 6.78. The van der Waals surface area contributed by atoms with Crippen molar-refractivity contribution < 1.29 is 9.59 Å². The van der Waals surface area contributed by atoms with Gasteiger partial charge in [0.2, 0.25) is 5.91 Å². The third kappa shape index (κ3) is 4.45. The van der Waals surface area contributed by atoms with Gasteiger partial charge in [-0.05, 0) is 18.4 Å². The predicted molar refractivity (Wildman–Crippen MR) is 92.8 cm³/mol. The van der Waals surface area contributed by atoms with E-state index in [1.807, 2.05) is 30.3 Å². The van der Waals surface area contributed by atoms with Crippen LogP contribution in [0.1, 0.15) is 23.7 Å². The summed E-state index contributed by atoms with van der Waals surface area (Å²) in [6.45, 7) is 1.87. The summed E-state index contributed by atoms with van der Waals surface area (Å²) in [4.78, 5) is 25.9. The van der Waals surface area contributed by atoms with Crippen LogP contribution in [0.2, 0.25) is 0 Å². The van der Waals surface area contributed by atoms with Crippen molar-refractivity contribution in [3.8, 4) is 0 Å². The number of carbonyl (C=O) groups is 2. The molecule has 5 nitrogen and oxygen atoms in total. The molecular formula is C15H19N3O2S2. The van der Waals surface area contributed by atoms with Crippen LogP contribution in [0.4, 0.5) is 4.79 Å². The third-order valence-electron chi connectivity index (χ3n) is 3.39. The van der Waals surface area contributed by atoms with E-state index >= 15 is 0 Å². The Bertz CT molecular complexity index is 545. The molecule has 2 rings (SSSR count). The lowest BCUT2D eigenvalue weighted by Crippen LogP contribution is -2.40. The second-order valence-corrected chi connectivity index (χ2v) is 6.68. The Morgan fingerprint density at radius 1 is 1.23 bits per heavy atom. The molecule has 0 saturated carbocycles. The van der Waals surface area contributed by atoms with Gasteiger partial charge in [0.15, 0.2) is 0 Å². The first kappa shape index (κ1) is 16.8. The van der Waals surface area contributed by atoms with E-state index in [4.69, 9.17) is 12.2 Å². The van der Waals surface area contributed by atoms with Gasteiger partial charge in [-0.25, -0.2) is 4.79 Å². The number of imide groups is 1. The van der Waals surface area contributed by atoms with Crippen molar-refractivity contribution in [3.05, 3.63) is 35.9 Å². The minimum atomic E-state index is -0.536. The molecule has 0 bridgehead atoms. The van der Waals surface area contributed by atoms with Crippen LogP contribution >= 0.6 is 24.0 Å². The molecule has 1 aromatic rings. The fraction of sp³-hybridized carbons (Fsp3) is 0.400. The molecule has 3 amide bonds. The quantitative estimate of drug-likeness (QED) is 0.829. The minimum absolute atomic E-state index is 0.364. The van der Waals surface area contributed by atoms with Crippen molar-refractivity contribution in [2.24, 2.45) is 0 Å². The number of nitrogens with one attached hydrogen (secondary N) is 2. The molecule has 22 heavy (non-hydrogen) atoms. The second kappa shape index (κ2) is 8.14. The molecule has 1 heterocycles. The molecule has 1 aromatic carbocycles. The highest BCUT2D eigenvalue weighted by atomic mass is 32.2. The molecule has 0 unspecified atom stereocenters. The first-order chi connectivity index (χ1) is 10.6. The zero-order valence-corrected chi connectivity index (χ0v) is 14.0. The van der Waals surface area contributed by atoms with Gasteiger partial charge in [-0.3, -0.25) is 10.1 Å². The molecule has 1 atom stereocenters. The molecule has 0 spiro atoms. The van der Waals surface area contributed by atoms with Crippen molar-refractivity contribution in [1.29, 1.82) is 0 Å². The molecule has 1 fully saturated rings. The summed E-state index contributed by atoms with van der Waals surface area (Å²) in [5.41, 5.74) is 0.829. The van der Waals surface area contributed by atoms with E-state index in [1.54, 1.807) is 0 Å². The zero-order chi connectivity index (χ0) is 15.9. The highest BCUT2D eigenvalue weighted by Gasteiger charge is 2.27. The van der Waals surface area contributed by atoms with Gasteiger partial charge in [-0.2, -0.15) is 0 Å². The topological polar surface area (TPSA) is 61.4 Å². The number of benzene rings is 1. The van der Waals surface area contributed by atoms with Crippen LogP contribution in [-0.2, 0) is 4.79 Å². The van der Waals surface area contributed by atoms with Crippen molar-refractivity contribution in [2.75, 3.05) is 20.1 Å². The number of hydrogen-bond donors (Lipinski definition) is 2. The van der Waals surface area contributed by atoms with Crippen LogP contribution < -0.4 is 10.6 Å². The maximum atomic E-state index is 12.4. The summed E-state index contributed by atoms with van der Waals surface area (Å²) in [6, 6.07) is 8.85. The smallest absolute Gasteiger partial charge is 0.321 e. The Labute approximate surface area is 139 Å². The number of carbonyl (C=O) groups excluding carboxylic acids is 2. The first-order valence-electron chi connectivity index (χ1n) is 7.15.